The lowest BCUT2D eigenvalue weighted by molar-refractivity contribution is 0.181. The van der Waals surface area contributed by atoms with E-state index in [-0.39, 0.29) is 0 Å². The van der Waals surface area contributed by atoms with Crippen molar-refractivity contribution in [1.29, 1.82) is 0 Å². The monoisotopic (exact) mass is 181 g/mol. The minimum Gasteiger partial charge on any atom is -0.384 e. The number of ether oxygens (including phenoxy) is 1. The van der Waals surface area contributed by atoms with Crippen molar-refractivity contribution in [3.05, 3.63) is 11.8 Å². The molecule has 72 valence electrons. The van der Waals surface area contributed by atoms with E-state index in [1.54, 1.807) is 0 Å². The Morgan fingerprint density at radius 2 is 2.62 bits per heavy atom. The van der Waals surface area contributed by atoms with Crippen LogP contribution in [0.5, 0.6) is 0 Å². The van der Waals surface area contributed by atoms with Crippen LogP contribution in [0.2, 0.25) is 0 Å². The molecule has 1 atom stereocenters. The summed E-state index contributed by atoms with van der Waals surface area (Å²) in [4.78, 5) is 0. The van der Waals surface area contributed by atoms with Gasteiger partial charge in [0.2, 0.25) is 0 Å². The SMILES string of the molecule is Cc1cnn(CC2CCOC2)c1N. The molecule has 2 rings (SSSR count). The van der Waals surface area contributed by atoms with E-state index < -0.39 is 0 Å². The molecule has 0 radical (unpaired) electrons. The van der Waals surface area contributed by atoms with Crippen LogP contribution in [0.1, 0.15) is 12.0 Å². The molecular formula is C9H15N3O. The van der Waals surface area contributed by atoms with Crippen LogP contribution in [0.3, 0.4) is 0 Å². The second-order valence-electron chi connectivity index (χ2n) is 3.62. The molecule has 0 saturated carbocycles. The number of nitrogens with zero attached hydrogens (tertiary/aromatic N) is 2. The zero-order chi connectivity index (χ0) is 9.26. The molecule has 1 fully saturated rings. The number of nitrogens with two attached hydrogens (primary N) is 1. The summed E-state index contributed by atoms with van der Waals surface area (Å²) in [5.74, 6) is 1.37. The van der Waals surface area contributed by atoms with Crippen molar-refractivity contribution < 1.29 is 4.74 Å². The van der Waals surface area contributed by atoms with Crippen molar-refractivity contribution in [2.45, 2.75) is 19.9 Å². The van der Waals surface area contributed by atoms with Gasteiger partial charge in [-0.1, -0.05) is 0 Å². The van der Waals surface area contributed by atoms with Gasteiger partial charge >= 0.3 is 0 Å². The van der Waals surface area contributed by atoms with Gasteiger partial charge in [-0.05, 0) is 13.3 Å². The lowest BCUT2D eigenvalue weighted by atomic mass is 10.1. The van der Waals surface area contributed by atoms with Crippen LogP contribution in [-0.2, 0) is 11.3 Å². The van der Waals surface area contributed by atoms with Gasteiger partial charge in [-0.3, -0.25) is 0 Å². The summed E-state index contributed by atoms with van der Waals surface area (Å²) in [5.41, 5.74) is 6.89. The molecule has 1 aliphatic rings. The molecule has 0 aliphatic carbocycles. The van der Waals surface area contributed by atoms with Crippen LogP contribution < -0.4 is 5.73 Å². The van der Waals surface area contributed by atoms with Gasteiger partial charge in [-0.15, -0.1) is 0 Å². The summed E-state index contributed by atoms with van der Waals surface area (Å²) in [7, 11) is 0. The van der Waals surface area contributed by atoms with E-state index in [1.807, 2.05) is 17.8 Å². The fourth-order valence-corrected chi connectivity index (χ4v) is 1.61. The first-order chi connectivity index (χ1) is 6.27. The van der Waals surface area contributed by atoms with E-state index in [9.17, 15) is 0 Å². The maximum Gasteiger partial charge on any atom is 0.124 e. The molecule has 13 heavy (non-hydrogen) atoms. The highest BCUT2D eigenvalue weighted by Crippen LogP contribution is 2.17. The molecule has 0 bridgehead atoms. The molecule has 1 aromatic heterocycles. The van der Waals surface area contributed by atoms with Gasteiger partial charge in [0, 0.05) is 24.6 Å². The fraction of sp³-hybridized carbons (Fsp3) is 0.667. The Kier molecular flexibility index (Phi) is 2.22. The van der Waals surface area contributed by atoms with Crippen LogP contribution in [0.15, 0.2) is 6.20 Å². The number of nitrogen functional groups attached to an aromatic ring is 1. The number of anilines is 1. The van der Waals surface area contributed by atoms with Crippen molar-refractivity contribution in [1.82, 2.24) is 9.78 Å². The average molecular weight is 181 g/mol. The number of hydrogen-bond acceptors (Lipinski definition) is 3. The number of aromatic nitrogens is 2. The Morgan fingerprint density at radius 3 is 3.15 bits per heavy atom. The van der Waals surface area contributed by atoms with E-state index in [0.717, 1.165) is 37.6 Å². The Labute approximate surface area is 77.7 Å². The highest BCUT2D eigenvalue weighted by Gasteiger charge is 2.17. The van der Waals surface area contributed by atoms with Crippen molar-refractivity contribution >= 4 is 5.82 Å². The minimum absolute atomic E-state index is 0.585. The molecule has 1 aliphatic heterocycles. The lowest BCUT2D eigenvalue weighted by Gasteiger charge is -2.08. The third-order valence-electron chi connectivity index (χ3n) is 2.53. The predicted molar refractivity (Wildman–Crippen MR) is 50.3 cm³/mol. The van der Waals surface area contributed by atoms with Crippen LogP contribution in [0.25, 0.3) is 0 Å². The zero-order valence-corrected chi connectivity index (χ0v) is 7.86. The third kappa shape index (κ3) is 1.67. The van der Waals surface area contributed by atoms with Crippen molar-refractivity contribution in [3.8, 4) is 0 Å². The van der Waals surface area contributed by atoms with Gasteiger partial charge in [0.25, 0.3) is 0 Å². The predicted octanol–water partition coefficient (Wildman–Crippen LogP) is 0.810. The Morgan fingerprint density at radius 1 is 1.77 bits per heavy atom. The van der Waals surface area contributed by atoms with E-state index in [0.29, 0.717) is 5.92 Å². The lowest BCUT2D eigenvalue weighted by Crippen LogP contribution is -2.13. The summed E-state index contributed by atoms with van der Waals surface area (Å²) < 4.78 is 7.16. The molecule has 1 saturated heterocycles. The molecule has 0 amide bonds. The van der Waals surface area contributed by atoms with Crippen molar-refractivity contribution in [3.63, 3.8) is 0 Å². The van der Waals surface area contributed by atoms with Gasteiger partial charge in [0.1, 0.15) is 5.82 Å². The van der Waals surface area contributed by atoms with E-state index in [1.165, 1.54) is 0 Å². The van der Waals surface area contributed by atoms with Gasteiger partial charge in [0.05, 0.1) is 12.8 Å². The standard InChI is InChI=1S/C9H15N3O/c1-7-4-11-12(9(7)10)5-8-2-3-13-6-8/h4,8H,2-3,5-6,10H2,1H3. The number of aryl methyl sites for hydroxylation is 1. The first-order valence-corrected chi connectivity index (χ1v) is 4.63. The third-order valence-corrected chi connectivity index (χ3v) is 2.53. The maximum atomic E-state index is 5.84. The van der Waals surface area contributed by atoms with Crippen LogP contribution in [-0.4, -0.2) is 23.0 Å². The smallest absolute Gasteiger partial charge is 0.124 e. The summed E-state index contributed by atoms with van der Waals surface area (Å²) in [6.45, 7) is 4.59. The first kappa shape index (κ1) is 8.56. The van der Waals surface area contributed by atoms with Crippen LogP contribution in [0.4, 0.5) is 5.82 Å². The minimum atomic E-state index is 0.585. The highest BCUT2D eigenvalue weighted by atomic mass is 16.5. The van der Waals surface area contributed by atoms with Gasteiger partial charge in [-0.2, -0.15) is 5.10 Å². The van der Waals surface area contributed by atoms with E-state index in [4.69, 9.17) is 10.5 Å². The van der Waals surface area contributed by atoms with Gasteiger partial charge in [0.15, 0.2) is 0 Å². The largest absolute Gasteiger partial charge is 0.384 e. The molecule has 1 aromatic rings. The van der Waals surface area contributed by atoms with Crippen molar-refractivity contribution in [2.24, 2.45) is 5.92 Å². The number of hydrogen-bond donors (Lipinski definition) is 1. The van der Waals surface area contributed by atoms with Gasteiger partial charge in [-0.25, -0.2) is 4.68 Å². The molecule has 1 unspecified atom stereocenters. The second kappa shape index (κ2) is 3.38. The quantitative estimate of drug-likeness (QED) is 0.734. The fourth-order valence-electron chi connectivity index (χ4n) is 1.61. The van der Waals surface area contributed by atoms with E-state index >= 15 is 0 Å². The average Bonchev–Trinajstić information content (AvgIpc) is 2.71. The molecule has 4 heteroatoms. The normalized spacial score (nSPS) is 22.4. The molecule has 0 aromatic carbocycles. The second-order valence-corrected chi connectivity index (χ2v) is 3.62. The Balaban J connectivity index is 2.04. The summed E-state index contributed by atoms with van der Waals surface area (Å²) in [6.07, 6.45) is 2.93. The summed E-state index contributed by atoms with van der Waals surface area (Å²) in [5, 5.41) is 4.21. The molecular weight excluding hydrogens is 166 g/mol. The molecule has 2 heterocycles. The van der Waals surface area contributed by atoms with Crippen LogP contribution in [0, 0.1) is 12.8 Å². The van der Waals surface area contributed by atoms with E-state index in [2.05, 4.69) is 5.10 Å². The maximum absolute atomic E-state index is 5.84. The molecule has 4 nitrogen and oxygen atoms in total. The van der Waals surface area contributed by atoms with Gasteiger partial charge < -0.3 is 10.5 Å². The Hall–Kier alpha value is -1.03. The zero-order valence-electron chi connectivity index (χ0n) is 7.86. The van der Waals surface area contributed by atoms with Crippen LogP contribution >= 0.6 is 0 Å². The topological polar surface area (TPSA) is 53.1 Å². The highest BCUT2D eigenvalue weighted by molar-refractivity contribution is 5.36. The number of rotatable bonds is 2. The Bertz CT molecular complexity index is 289. The first-order valence-electron chi connectivity index (χ1n) is 4.63. The molecule has 0 spiro atoms. The molecule has 2 N–H and O–H groups in total. The summed E-state index contributed by atoms with van der Waals surface area (Å²) in [6, 6.07) is 0. The summed E-state index contributed by atoms with van der Waals surface area (Å²) >= 11 is 0. The van der Waals surface area contributed by atoms with Crippen molar-refractivity contribution in [2.75, 3.05) is 18.9 Å².